The summed E-state index contributed by atoms with van der Waals surface area (Å²) in [6, 6.07) is 0. The fraction of sp³-hybridized carbons (Fsp3) is 0.833. The normalized spacial score (nSPS) is 59.5. The third-order valence-corrected chi connectivity index (χ3v) is 10.9. The highest BCUT2D eigenvalue weighted by molar-refractivity contribution is 5.98. The van der Waals surface area contributed by atoms with Crippen LogP contribution in [0.4, 0.5) is 0 Å². The van der Waals surface area contributed by atoms with E-state index in [9.17, 15) is 9.59 Å². The minimum absolute atomic E-state index is 0.144. The van der Waals surface area contributed by atoms with Crippen LogP contribution in [-0.2, 0) is 19.1 Å². The monoisotopic (exact) mass is 384 g/mol. The smallest absolute Gasteiger partial charge is 0.302 e. The summed E-state index contributed by atoms with van der Waals surface area (Å²) >= 11 is 0. The second-order valence-corrected chi connectivity index (χ2v) is 11.9. The van der Waals surface area contributed by atoms with Gasteiger partial charge in [-0.05, 0) is 60.3 Å². The van der Waals surface area contributed by atoms with Crippen molar-refractivity contribution in [1.82, 2.24) is 0 Å². The number of ketones is 1. The Labute approximate surface area is 167 Å². The summed E-state index contributed by atoms with van der Waals surface area (Å²) in [5, 5.41) is 0. The molecule has 0 radical (unpaired) electrons. The molecule has 1 saturated heterocycles. The first-order valence-electron chi connectivity index (χ1n) is 11.0. The summed E-state index contributed by atoms with van der Waals surface area (Å²) in [6.45, 7) is 15.2. The molecule has 1 aliphatic heterocycles. The third-order valence-electron chi connectivity index (χ3n) is 10.9. The quantitative estimate of drug-likeness (QED) is 0.386. The molecule has 6 fully saturated rings. The Morgan fingerprint density at radius 3 is 2.57 bits per heavy atom. The fourth-order valence-corrected chi connectivity index (χ4v) is 9.52. The highest BCUT2D eigenvalue weighted by Crippen LogP contribution is 2.92. The van der Waals surface area contributed by atoms with Crippen LogP contribution in [0.1, 0.15) is 73.1 Å². The first kappa shape index (κ1) is 17.7. The topological polar surface area (TPSA) is 55.9 Å². The lowest BCUT2D eigenvalue weighted by molar-refractivity contribution is -0.230. The summed E-state index contributed by atoms with van der Waals surface area (Å²) in [6.07, 6.45) is 5.54. The number of carbonyl (C=O) groups excluding carboxylic acids is 2. The highest BCUT2D eigenvalue weighted by Gasteiger charge is 2.93. The van der Waals surface area contributed by atoms with Gasteiger partial charge in [0.2, 0.25) is 0 Å². The maximum absolute atomic E-state index is 13.2. The minimum Gasteiger partial charge on any atom is -0.461 e. The number of hydrogen-bond donors (Lipinski definition) is 0. The zero-order chi connectivity index (χ0) is 20.1. The molecule has 6 aliphatic rings. The van der Waals surface area contributed by atoms with E-state index in [4.69, 9.17) is 9.47 Å². The Hall–Kier alpha value is -1.16. The molecule has 0 N–H and O–H groups in total. The summed E-state index contributed by atoms with van der Waals surface area (Å²) in [5.41, 5.74) is 0.171. The molecule has 3 spiro atoms. The van der Waals surface area contributed by atoms with E-state index in [0.29, 0.717) is 24.2 Å². The van der Waals surface area contributed by atoms with Gasteiger partial charge in [-0.25, -0.2) is 0 Å². The lowest BCUT2D eigenvalue weighted by Gasteiger charge is -2.70. The van der Waals surface area contributed by atoms with Crippen LogP contribution >= 0.6 is 0 Å². The van der Waals surface area contributed by atoms with E-state index in [-0.39, 0.29) is 45.8 Å². The number of Topliss-reactive ketones (excluding diaryl/α,β-unsaturated/α-hetero) is 1. The number of fused-ring (bicyclic) bond motifs is 1. The van der Waals surface area contributed by atoms with Gasteiger partial charge < -0.3 is 9.47 Å². The minimum atomic E-state index is -0.509. The molecule has 0 aromatic rings. The Bertz CT molecular complexity index is 874. The van der Waals surface area contributed by atoms with Crippen LogP contribution in [0.2, 0.25) is 0 Å². The van der Waals surface area contributed by atoms with Crippen molar-refractivity contribution in [2.75, 3.05) is 0 Å². The van der Waals surface area contributed by atoms with Crippen LogP contribution < -0.4 is 0 Å². The van der Waals surface area contributed by atoms with Gasteiger partial charge in [-0.2, -0.15) is 0 Å². The molecular formula is C24H32O4. The van der Waals surface area contributed by atoms with Crippen molar-refractivity contribution < 1.29 is 19.1 Å². The number of rotatable bonds is 1. The number of ether oxygens (including phenoxy) is 2. The molecule has 8 atom stereocenters. The maximum atomic E-state index is 13.2. The first-order chi connectivity index (χ1) is 12.9. The number of esters is 1. The molecule has 4 nitrogen and oxygen atoms in total. The molecule has 0 amide bonds. The Kier molecular flexibility index (Phi) is 2.72. The van der Waals surface area contributed by atoms with E-state index in [1.807, 2.05) is 0 Å². The molecule has 152 valence electrons. The lowest BCUT2D eigenvalue weighted by Crippen LogP contribution is -2.73. The van der Waals surface area contributed by atoms with E-state index in [0.717, 1.165) is 18.4 Å². The van der Waals surface area contributed by atoms with Crippen LogP contribution in [0.5, 0.6) is 0 Å². The van der Waals surface area contributed by atoms with Crippen LogP contribution in [0, 0.1) is 33.5 Å². The van der Waals surface area contributed by atoms with Gasteiger partial charge >= 0.3 is 5.97 Å². The maximum Gasteiger partial charge on any atom is 0.302 e. The molecule has 0 aromatic carbocycles. The summed E-state index contributed by atoms with van der Waals surface area (Å²) in [7, 11) is 0. The average molecular weight is 385 g/mol. The van der Waals surface area contributed by atoms with Crippen LogP contribution in [-0.4, -0.2) is 29.1 Å². The predicted molar refractivity (Wildman–Crippen MR) is 103 cm³/mol. The van der Waals surface area contributed by atoms with E-state index in [2.05, 4.69) is 34.3 Å². The number of hydrogen-bond acceptors (Lipinski definition) is 4. The molecule has 5 saturated carbocycles. The van der Waals surface area contributed by atoms with Gasteiger partial charge in [-0.1, -0.05) is 27.4 Å². The van der Waals surface area contributed by atoms with Crippen molar-refractivity contribution in [2.45, 2.75) is 90.4 Å². The Balaban J connectivity index is 1.66. The fourth-order valence-electron chi connectivity index (χ4n) is 9.52. The SMILES string of the molecule is C=C1C(=O)CC2CC34CC3(C)CCC35OC3(C)C[C@H](OC(C)=O)C1(C45)C2(C)C. The average Bonchev–Trinajstić information content (AvgIpc) is 3.38. The molecule has 1 heterocycles. The van der Waals surface area contributed by atoms with Gasteiger partial charge in [0.25, 0.3) is 0 Å². The van der Waals surface area contributed by atoms with Crippen LogP contribution in [0.15, 0.2) is 12.2 Å². The van der Waals surface area contributed by atoms with E-state index in [1.54, 1.807) is 0 Å². The van der Waals surface area contributed by atoms with Crippen molar-refractivity contribution in [1.29, 1.82) is 0 Å². The third kappa shape index (κ3) is 1.45. The predicted octanol–water partition coefficient (Wildman–Crippen LogP) is 4.22. The molecule has 5 aliphatic carbocycles. The van der Waals surface area contributed by atoms with E-state index >= 15 is 0 Å². The van der Waals surface area contributed by atoms with Gasteiger partial charge in [0.05, 0.1) is 5.60 Å². The molecule has 28 heavy (non-hydrogen) atoms. The van der Waals surface area contributed by atoms with Gasteiger partial charge in [-0.3, -0.25) is 9.59 Å². The summed E-state index contributed by atoms with van der Waals surface area (Å²) < 4.78 is 12.7. The van der Waals surface area contributed by atoms with Crippen molar-refractivity contribution in [3.8, 4) is 0 Å². The zero-order valence-electron chi connectivity index (χ0n) is 17.8. The van der Waals surface area contributed by atoms with E-state index < -0.39 is 5.41 Å². The number of epoxide rings is 1. The molecule has 7 unspecified atom stereocenters. The van der Waals surface area contributed by atoms with Gasteiger partial charge in [-0.15, -0.1) is 0 Å². The second-order valence-electron chi connectivity index (χ2n) is 11.9. The second kappa shape index (κ2) is 4.31. The molecule has 4 heteroatoms. The molecule has 0 aromatic heterocycles. The van der Waals surface area contributed by atoms with Crippen molar-refractivity contribution >= 4 is 11.8 Å². The van der Waals surface area contributed by atoms with Gasteiger partial charge in [0.1, 0.15) is 11.7 Å². The Morgan fingerprint density at radius 1 is 1.18 bits per heavy atom. The molecular weight excluding hydrogens is 352 g/mol. The zero-order valence-corrected chi connectivity index (χ0v) is 17.8. The summed E-state index contributed by atoms with van der Waals surface area (Å²) in [5.74, 6) is 0.462. The van der Waals surface area contributed by atoms with Crippen molar-refractivity contribution in [2.24, 2.45) is 33.5 Å². The van der Waals surface area contributed by atoms with Crippen molar-refractivity contribution in [3.63, 3.8) is 0 Å². The first-order valence-corrected chi connectivity index (χ1v) is 11.0. The number of carbonyl (C=O) groups is 2. The Morgan fingerprint density at radius 2 is 1.89 bits per heavy atom. The molecule has 2 bridgehead atoms. The van der Waals surface area contributed by atoms with Gasteiger partial charge in [0, 0.05) is 31.1 Å². The largest absolute Gasteiger partial charge is 0.461 e. The standard InChI is InChI=1S/C24H32O4/c1-13-16(26)9-15-10-22-12-20(22,5)7-8-23-18(22)24(13,19(15,3)4)17(27-14(2)25)11-21(23,6)28-23/h15,17-18H,1,7-12H2,2-6H3/t15?,17-,18?,20?,21?,22?,23?,24?/m0/s1. The highest BCUT2D eigenvalue weighted by atomic mass is 16.6. The van der Waals surface area contributed by atoms with Crippen LogP contribution in [0.3, 0.4) is 0 Å². The molecule has 6 rings (SSSR count). The van der Waals surface area contributed by atoms with Crippen LogP contribution in [0.25, 0.3) is 0 Å². The van der Waals surface area contributed by atoms with Crippen molar-refractivity contribution in [3.05, 3.63) is 12.2 Å². The summed E-state index contributed by atoms with van der Waals surface area (Å²) in [4.78, 5) is 25.4. The van der Waals surface area contributed by atoms with Gasteiger partial charge in [0.15, 0.2) is 5.78 Å². The lowest BCUT2D eigenvalue weighted by atomic mass is 9.32. The van der Waals surface area contributed by atoms with E-state index in [1.165, 1.54) is 19.8 Å².